The fourth-order valence-corrected chi connectivity index (χ4v) is 4.36. The lowest BCUT2D eigenvalue weighted by atomic mass is 9.88. The summed E-state index contributed by atoms with van der Waals surface area (Å²) in [6, 6.07) is 5.95. The first kappa shape index (κ1) is 15.9. The van der Waals surface area contributed by atoms with Crippen molar-refractivity contribution in [3.8, 4) is 0 Å². The van der Waals surface area contributed by atoms with Gasteiger partial charge in [-0.15, -0.1) is 0 Å². The average Bonchev–Trinajstić information content (AvgIpc) is 3.41. The number of aliphatic hydroxyl groups is 1. The first-order valence-electron chi connectivity index (χ1n) is 9.33. The number of hydrogen-bond acceptors (Lipinski definition) is 4. The number of hydrogen-bond donors (Lipinski definition) is 1. The van der Waals surface area contributed by atoms with Crippen LogP contribution in [0.2, 0.25) is 0 Å². The van der Waals surface area contributed by atoms with Crippen LogP contribution in [0, 0.1) is 11.8 Å². The number of carbonyl (C=O) groups is 1. The number of carbonyl (C=O) groups excluding carboxylic acids is 1. The summed E-state index contributed by atoms with van der Waals surface area (Å²) < 4.78 is 0. The molecule has 5 heteroatoms. The molecule has 1 amide bonds. The van der Waals surface area contributed by atoms with E-state index < -0.39 is 5.60 Å². The van der Waals surface area contributed by atoms with Gasteiger partial charge in [0.1, 0.15) is 5.82 Å². The number of aromatic nitrogens is 1. The van der Waals surface area contributed by atoms with Crippen molar-refractivity contribution < 1.29 is 9.90 Å². The molecular formula is C19H27N3O2. The fraction of sp³-hybridized carbons (Fsp3) is 0.684. The topological polar surface area (TPSA) is 56.7 Å². The minimum absolute atomic E-state index is 0.0846. The Kier molecular flexibility index (Phi) is 4.21. The van der Waals surface area contributed by atoms with Crippen LogP contribution in [0.25, 0.3) is 0 Å². The summed E-state index contributed by atoms with van der Waals surface area (Å²) in [5.74, 6) is 1.76. The molecule has 1 aromatic heterocycles. The predicted octanol–water partition coefficient (Wildman–Crippen LogP) is 2.06. The lowest BCUT2D eigenvalue weighted by Crippen LogP contribution is -2.48. The smallest absolute Gasteiger partial charge is 0.227 e. The summed E-state index contributed by atoms with van der Waals surface area (Å²) in [5, 5.41) is 10.3. The Labute approximate surface area is 143 Å². The van der Waals surface area contributed by atoms with Gasteiger partial charge in [-0.25, -0.2) is 4.98 Å². The van der Waals surface area contributed by atoms with E-state index in [1.54, 1.807) is 0 Å². The molecule has 4 rings (SSSR count). The highest BCUT2D eigenvalue weighted by Gasteiger charge is 2.48. The van der Waals surface area contributed by atoms with Crippen LogP contribution in [0.15, 0.2) is 24.4 Å². The SMILES string of the molecule is O=C(C1CCCN(c2ccccn2)C1)N1CCC(C2(O)CC2)CC1. The normalized spacial score (nSPS) is 27.1. The average molecular weight is 329 g/mol. The largest absolute Gasteiger partial charge is 0.390 e. The maximum atomic E-state index is 12.9. The van der Waals surface area contributed by atoms with Crippen LogP contribution >= 0.6 is 0 Å². The molecule has 1 aliphatic carbocycles. The van der Waals surface area contributed by atoms with Gasteiger partial charge >= 0.3 is 0 Å². The molecule has 1 aromatic rings. The van der Waals surface area contributed by atoms with Crippen LogP contribution in [0.5, 0.6) is 0 Å². The van der Waals surface area contributed by atoms with E-state index >= 15 is 0 Å². The van der Waals surface area contributed by atoms with Crippen molar-refractivity contribution in [2.24, 2.45) is 11.8 Å². The third kappa shape index (κ3) is 3.14. The fourth-order valence-electron chi connectivity index (χ4n) is 4.36. The quantitative estimate of drug-likeness (QED) is 0.922. The highest BCUT2D eigenvalue weighted by molar-refractivity contribution is 5.79. The molecule has 3 aliphatic rings. The molecule has 0 spiro atoms. The Balaban J connectivity index is 1.34. The summed E-state index contributed by atoms with van der Waals surface area (Å²) in [6.07, 6.45) is 7.65. The Hall–Kier alpha value is -1.62. The van der Waals surface area contributed by atoms with Crippen molar-refractivity contribution in [3.63, 3.8) is 0 Å². The third-order valence-corrected chi connectivity index (χ3v) is 6.07. The van der Waals surface area contributed by atoms with Crippen molar-refractivity contribution in [1.82, 2.24) is 9.88 Å². The number of piperidine rings is 2. The minimum atomic E-state index is -0.393. The summed E-state index contributed by atoms with van der Waals surface area (Å²) in [6.45, 7) is 3.38. The van der Waals surface area contributed by atoms with Crippen LogP contribution in [0.3, 0.4) is 0 Å². The molecule has 1 saturated carbocycles. The second-order valence-electron chi connectivity index (χ2n) is 7.68. The first-order valence-corrected chi connectivity index (χ1v) is 9.33. The summed E-state index contributed by atoms with van der Waals surface area (Å²) in [7, 11) is 0. The number of amides is 1. The Morgan fingerprint density at radius 2 is 1.96 bits per heavy atom. The molecule has 3 heterocycles. The molecule has 0 radical (unpaired) electrons. The molecule has 130 valence electrons. The number of likely N-dealkylation sites (tertiary alicyclic amines) is 1. The van der Waals surface area contributed by atoms with Gasteiger partial charge < -0.3 is 14.9 Å². The number of pyridine rings is 1. The third-order valence-electron chi connectivity index (χ3n) is 6.07. The van der Waals surface area contributed by atoms with Gasteiger partial charge in [0.05, 0.1) is 11.5 Å². The molecule has 2 aliphatic heterocycles. The summed E-state index contributed by atoms with van der Waals surface area (Å²) in [4.78, 5) is 21.6. The van der Waals surface area contributed by atoms with Crippen molar-refractivity contribution in [2.75, 3.05) is 31.1 Å². The predicted molar refractivity (Wildman–Crippen MR) is 92.7 cm³/mol. The second-order valence-corrected chi connectivity index (χ2v) is 7.68. The van der Waals surface area contributed by atoms with E-state index in [0.717, 1.165) is 70.5 Å². The van der Waals surface area contributed by atoms with Crippen molar-refractivity contribution in [3.05, 3.63) is 24.4 Å². The van der Waals surface area contributed by atoms with Crippen LogP contribution in [0.4, 0.5) is 5.82 Å². The Morgan fingerprint density at radius 1 is 1.17 bits per heavy atom. The van der Waals surface area contributed by atoms with E-state index in [-0.39, 0.29) is 5.92 Å². The maximum Gasteiger partial charge on any atom is 0.227 e. The van der Waals surface area contributed by atoms with Gasteiger partial charge in [-0.05, 0) is 56.6 Å². The molecule has 5 nitrogen and oxygen atoms in total. The van der Waals surface area contributed by atoms with Crippen molar-refractivity contribution >= 4 is 11.7 Å². The van der Waals surface area contributed by atoms with Gasteiger partial charge in [-0.3, -0.25) is 4.79 Å². The zero-order valence-electron chi connectivity index (χ0n) is 14.2. The molecule has 1 unspecified atom stereocenters. The molecular weight excluding hydrogens is 302 g/mol. The lowest BCUT2D eigenvalue weighted by Gasteiger charge is -2.39. The van der Waals surface area contributed by atoms with E-state index in [0.29, 0.717) is 11.8 Å². The second kappa shape index (κ2) is 6.36. The van der Waals surface area contributed by atoms with Crippen molar-refractivity contribution in [1.29, 1.82) is 0 Å². The molecule has 0 aromatic carbocycles. The number of rotatable bonds is 3. The van der Waals surface area contributed by atoms with E-state index in [1.807, 2.05) is 29.3 Å². The zero-order valence-corrected chi connectivity index (χ0v) is 14.2. The summed E-state index contributed by atoms with van der Waals surface area (Å²) in [5.41, 5.74) is -0.393. The van der Waals surface area contributed by atoms with Gasteiger partial charge in [0, 0.05) is 32.4 Å². The van der Waals surface area contributed by atoms with Gasteiger partial charge in [-0.2, -0.15) is 0 Å². The molecule has 24 heavy (non-hydrogen) atoms. The van der Waals surface area contributed by atoms with Crippen LogP contribution in [-0.2, 0) is 4.79 Å². The molecule has 1 N–H and O–H groups in total. The lowest BCUT2D eigenvalue weighted by molar-refractivity contribution is -0.138. The zero-order chi connectivity index (χ0) is 16.6. The van der Waals surface area contributed by atoms with E-state index in [4.69, 9.17) is 0 Å². The molecule has 2 saturated heterocycles. The summed E-state index contributed by atoms with van der Waals surface area (Å²) >= 11 is 0. The highest BCUT2D eigenvalue weighted by Crippen LogP contribution is 2.46. The van der Waals surface area contributed by atoms with Gasteiger partial charge in [0.25, 0.3) is 0 Å². The van der Waals surface area contributed by atoms with Crippen LogP contribution in [0.1, 0.15) is 38.5 Å². The van der Waals surface area contributed by atoms with E-state index in [9.17, 15) is 9.90 Å². The Morgan fingerprint density at radius 3 is 2.62 bits per heavy atom. The van der Waals surface area contributed by atoms with E-state index in [1.165, 1.54) is 0 Å². The van der Waals surface area contributed by atoms with Gasteiger partial charge in [-0.1, -0.05) is 6.07 Å². The van der Waals surface area contributed by atoms with Crippen LogP contribution < -0.4 is 4.90 Å². The van der Waals surface area contributed by atoms with Gasteiger partial charge in [0.2, 0.25) is 5.91 Å². The minimum Gasteiger partial charge on any atom is -0.390 e. The maximum absolute atomic E-state index is 12.9. The number of anilines is 1. The Bertz CT molecular complexity index is 580. The van der Waals surface area contributed by atoms with Crippen molar-refractivity contribution in [2.45, 2.75) is 44.1 Å². The van der Waals surface area contributed by atoms with E-state index in [2.05, 4.69) is 9.88 Å². The molecule has 0 bridgehead atoms. The number of nitrogens with zero attached hydrogens (tertiary/aromatic N) is 3. The highest BCUT2D eigenvalue weighted by atomic mass is 16.3. The molecule has 1 atom stereocenters. The first-order chi connectivity index (χ1) is 11.7. The molecule has 3 fully saturated rings. The monoisotopic (exact) mass is 329 g/mol. The van der Waals surface area contributed by atoms with Crippen LogP contribution in [-0.4, -0.2) is 52.7 Å². The standard InChI is InChI=1S/C19H27N3O2/c23-18(21-12-6-16(7-13-21)19(24)8-9-19)15-4-3-11-22(14-15)17-5-1-2-10-20-17/h1-2,5,10,15-16,24H,3-4,6-9,11-14H2. The van der Waals surface area contributed by atoms with Gasteiger partial charge in [0.15, 0.2) is 0 Å².